The SMILES string of the molecule is COCC1COC(c2ccc3c(F)c(CCc4ccc(OCC(F)(F)F)cc4)ccc3c2)OC1. The second kappa shape index (κ2) is 10.7. The highest BCUT2D eigenvalue weighted by Crippen LogP contribution is 2.30. The highest BCUT2D eigenvalue weighted by Gasteiger charge is 2.28. The van der Waals surface area contributed by atoms with Crippen LogP contribution in [0.1, 0.15) is 23.0 Å². The Balaban J connectivity index is 1.38. The molecule has 1 heterocycles. The van der Waals surface area contributed by atoms with Gasteiger partial charge in [0.25, 0.3) is 0 Å². The van der Waals surface area contributed by atoms with E-state index >= 15 is 4.39 Å². The Morgan fingerprint density at radius 1 is 0.941 bits per heavy atom. The van der Waals surface area contributed by atoms with Crippen molar-refractivity contribution in [3.05, 3.63) is 77.1 Å². The van der Waals surface area contributed by atoms with Crippen LogP contribution in [0, 0.1) is 11.7 Å². The fraction of sp³-hybridized carbons (Fsp3) is 0.385. The highest BCUT2D eigenvalue weighted by molar-refractivity contribution is 5.84. The molecule has 1 fully saturated rings. The number of methoxy groups -OCH3 is 1. The maximum absolute atomic E-state index is 15.2. The summed E-state index contributed by atoms with van der Waals surface area (Å²) in [7, 11) is 1.64. The third kappa shape index (κ3) is 6.25. The molecule has 4 rings (SSSR count). The molecule has 34 heavy (non-hydrogen) atoms. The summed E-state index contributed by atoms with van der Waals surface area (Å²) in [6, 6.07) is 15.4. The van der Waals surface area contributed by atoms with Crippen molar-refractivity contribution in [1.82, 2.24) is 0 Å². The summed E-state index contributed by atoms with van der Waals surface area (Å²) in [5.41, 5.74) is 2.29. The van der Waals surface area contributed by atoms with Crippen LogP contribution in [0.5, 0.6) is 5.75 Å². The summed E-state index contributed by atoms with van der Waals surface area (Å²) in [6.07, 6.45) is -3.85. The smallest absolute Gasteiger partial charge is 0.422 e. The minimum absolute atomic E-state index is 0.147. The Bertz CT molecular complexity index is 1090. The van der Waals surface area contributed by atoms with Crippen LogP contribution in [0.3, 0.4) is 0 Å². The number of alkyl halides is 3. The Morgan fingerprint density at radius 2 is 1.68 bits per heavy atom. The zero-order valence-electron chi connectivity index (χ0n) is 18.7. The molecule has 0 N–H and O–H groups in total. The molecule has 0 bridgehead atoms. The first-order valence-corrected chi connectivity index (χ1v) is 11.0. The Morgan fingerprint density at radius 3 is 2.35 bits per heavy atom. The molecule has 1 saturated heterocycles. The Labute approximate surface area is 195 Å². The van der Waals surface area contributed by atoms with E-state index in [1.165, 1.54) is 12.1 Å². The van der Waals surface area contributed by atoms with Gasteiger partial charge in [-0.05, 0) is 47.6 Å². The summed E-state index contributed by atoms with van der Waals surface area (Å²) < 4.78 is 73.4. The molecule has 1 aliphatic heterocycles. The number of hydrogen-bond acceptors (Lipinski definition) is 4. The number of fused-ring (bicyclic) bond motifs is 1. The van der Waals surface area contributed by atoms with E-state index in [0.29, 0.717) is 43.6 Å². The van der Waals surface area contributed by atoms with E-state index in [4.69, 9.17) is 18.9 Å². The quantitative estimate of drug-likeness (QED) is 0.372. The van der Waals surface area contributed by atoms with Gasteiger partial charge in [0.05, 0.1) is 19.8 Å². The molecule has 0 aliphatic carbocycles. The number of aryl methyl sites for hydroxylation is 2. The fourth-order valence-electron chi connectivity index (χ4n) is 3.96. The molecule has 1 aliphatic rings. The van der Waals surface area contributed by atoms with E-state index in [9.17, 15) is 13.2 Å². The van der Waals surface area contributed by atoms with E-state index < -0.39 is 19.1 Å². The average Bonchev–Trinajstić information content (AvgIpc) is 2.83. The highest BCUT2D eigenvalue weighted by atomic mass is 19.4. The summed E-state index contributed by atoms with van der Waals surface area (Å²) in [5, 5.41) is 1.28. The lowest BCUT2D eigenvalue weighted by Gasteiger charge is -2.29. The van der Waals surface area contributed by atoms with Gasteiger partial charge in [-0.25, -0.2) is 4.39 Å². The standard InChI is InChI=1S/C26H26F4O4/c1-31-13-18-14-32-25(33-15-18)21-8-11-23-20(12-21)7-6-19(24(23)27)5-2-17-3-9-22(10-4-17)34-16-26(28,29)30/h3-4,6-12,18,25H,2,5,13-16H2,1H3. The molecule has 0 spiro atoms. The fourth-order valence-corrected chi connectivity index (χ4v) is 3.96. The Hall–Kier alpha value is -2.68. The predicted molar refractivity (Wildman–Crippen MR) is 119 cm³/mol. The molecule has 0 radical (unpaired) electrons. The molecule has 0 amide bonds. The molecule has 0 aromatic heterocycles. The van der Waals surface area contributed by atoms with Gasteiger partial charge >= 0.3 is 6.18 Å². The molecule has 3 aromatic carbocycles. The van der Waals surface area contributed by atoms with Crippen molar-refractivity contribution in [1.29, 1.82) is 0 Å². The van der Waals surface area contributed by atoms with Gasteiger partial charge in [-0.15, -0.1) is 0 Å². The van der Waals surface area contributed by atoms with Crippen LogP contribution in [-0.2, 0) is 27.1 Å². The average molecular weight is 478 g/mol. The summed E-state index contributed by atoms with van der Waals surface area (Å²) in [4.78, 5) is 0. The summed E-state index contributed by atoms with van der Waals surface area (Å²) in [6.45, 7) is 0.330. The lowest BCUT2D eigenvalue weighted by atomic mass is 9.99. The third-order valence-corrected chi connectivity index (χ3v) is 5.71. The van der Waals surface area contributed by atoms with E-state index in [1.54, 1.807) is 31.4 Å². The number of rotatable bonds is 8. The second-order valence-corrected chi connectivity index (χ2v) is 8.39. The van der Waals surface area contributed by atoms with Gasteiger partial charge in [0, 0.05) is 24.0 Å². The second-order valence-electron chi connectivity index (χ2n) is 8.39. The van der Waals surface area contributed by atoms with Crippen LogP contribution < -0.4 is 4.74 Å². The van der Waals surface area contributed by atoms with E-state index in [-0.39, 0.29) is 17.5 Å². The first-order chi connectivity index (χ1) is 16.3. The van der Waals surface area contributed by atoms with E-state index in [2.05, 4.69) is 0 Å². The van der Waals surface area contributed by atoms with E-state index in [1.807, 2.05) is 18.2 Å². The number of hydrogen-bond donors (Lipinski definition) is 0. The molecule has 8 heteroatoms. The van der Waals surface area contributed by atoms with Gasteiger partial charge in [0.1, 0.15) is 11.6 Å². The van der Waals surface area contributed by atoms with Crippen molar-refractivity contribution < 1.29 is 36.5 Å². The Kier molecular flexibility index (Phi) is 7.70. The molecular weight excluding hydrogens is 452 g/mol. The minimum Gasteiger partial charge on any atom is -0.484 e. The molecule has 0 atom stereocenters. The molecule has 0 unspecified atom stereocenters. The largest absolute Gasteiger partial charge is 0.484 e. The van der Waals surface area contributed by atoms with Crippen molar-refractivity contribution in [3.8, 4) is 5.75 Å². The van der Waals surface area contributed by atoms with Crippen LogP contribution in [0.25, 0.3) is 10.8 Å². The third-order valence-electron chi connectivity index (χ3n) is 5.71. The lowest BCUT2D eigenvalue weighted by molar-refractivity contribution is -0.210. The van der Waals surface area contributed by atoms with Gasteiger partial charge in [-0.3, -0.25) is 0 Å². The van der Waals surface area contributed by atoms with Crippen LogP contribution >= 0.6 is 0 Å². The first kappa shape index (κ1) is 24.4. The lowest BCUT2D eigenvalue weighted by Crippen LogP contribution is -2.29. The molecule has 0 saturated carbocycles. The summed E-state index contributed by atoms with van der Waals surface area (Å²) in [5.74, 6) is 0.0686. The van der Waals surface area contributed by atoms with Crippen molar-refractivity contribution >= 4 is 10.8 Å². The zero-order chi connectivity index (χ0) is 24.1. The molecular formula is C26H26F4O4. The predicted octanol–water partition coefficient (Wildman–Crippen LogP) is 6.01. The van der Waals surface area contributed by atoms with Crippen molar-refractivity contribution in [2.75, 3.05) is 33.5 Å². The first-order valence-electron chi connectivity index (χ1n) is 11.0. The molecule has 3 aromatic rings. The number of benzene rings is 3. The number of halogens is 4. The van der Waals surface area contributed by atoms with Gasteiger partial charge < -0.3 is 18.9 Å². The van der Waals surface area contributed by atoms with Crippen LogP contribution in [-0.4, -0.2) is 39.7 Å². The summed E-state index contributed by atoms with van der Waals surface area (Å²) >= 11 is 0. The van der Waals surface area contributed by atoms with E-state index in [0.717, 1.165) is 16.5 Å². The van der Waals surface area contributed by atoms with Crippen LogP contribution in [0.4, 0.5) is 17.6 Å². The van der Waals surface area contributed by atoms with Crippen molar-refractivity contribution in [3.63, 3.8) is 0 Å². The van der Waals surface area contributed by atoms with Gasteiger partial charge in [0.2, 0.25) is 0 Å². The normalized spacial score (nSPS) is 18.9. The zero-order valence-corrected chi connectivity index (χ0v) is 18.7. The van der Waals surface area contributed by atoms with Gasteiger partial charge in [0.15, 0.2) is 12.9 Å². The van der Waals surface area contributed by atoms with Crippen LogP contribution in [0.15, 0.2) is 54.6 Å². The van der Waals surface area contributed by atoms with Crippen molar-refractivity contribution in [2.24, 2.45) is 5.92 Å². The molecule has 4 nitrogen and oxygen atoms in total. The van der Waals surface area contributed by atoms with Gasteiger partial charge in [-0.2, -0.15) is 13.2 Å². The minimum atomic E-state index is -4.38. The monoisotopic (exact) mass is 478 g/mol. The van der Waals surface area contributed by atoms with Gasteiger partial charge in [-0.1, -0.05) is 36.4 Å². The maximum atomic E-state index is 15.2. The van der Waals surface area contributed by atoms with Crippen molar-refractivity contribution in [2.45, 2.75) is 25.3 Å². The topological polar surface area (TPSA) is 36.9 Å². The van der Waals surface area contributed by atoms with Crippen LogP contribution in [0.2, 0.25) is 0 Å². The molecule has 182 valence electrons. The maximum Gasteiger partial charge on any atom is 0.422 e. The number of ether oxygens (including phenoxy) is 4.